The molecular formula is C19H13FN2. The molecule has 0 saturated heterocycles. The Morgan fingerprint density at radius 2 is 1.45 bits per heavy atom. The van der Waals surface area contributed by atoms with E-state index in [0.717, 1.165) is 33.3 Å². The zero-order valence-corrected chi connectivity index (χ0v) is 11.8. The Balaban J connectivity index is 1.89. The Labute approximate surface area is 127 Å². The average Bonchev–Trinajstić information content (AvgIpc) is 3.03. The number of rotatable bonds is 2. The monoisotopic (exact) mass is 288 g/mol. The summed E-state index contributed by atoms with van der Waals surface area (Å²) in [5.74, 6) is -0.222. The molecule has 0 bridgehead atoms. The third-order valence-electron chi connectivity index (χ3n) is 3.81. The van der Waals surface area contributed by atoms with Crippen LogP contribution in [0.2, 0.25) is 0 Å². The molecule has 0 fully saturated rings. The molecule has 1 heterocycles. The second-order valence-corrected chi connectivity index (χ2v) is 5.19. The number of imidazole rings is 1. The molecule has 0 radical (unpaired) electrons. The number of hydrogen-bond donors (Lipinski definition) is 1. The van der Waals surface area contributed by atoms with Crippen molar-refractivity contribution in [2.75, 3.05) is 0 Å². The zero-order valence-electron chi connectivity index (χ0n) is 11.8. The topological polar surface area (TPSA) is 28.7 Å². The van der Waals surface area contributed by atoms with Crippen LogP contribution in [0.1, 0.15) is 0 Å². The van der Waals surface area contributed by atoms with Crippen molar-refractivity contribution in [2.24, 2.45) is 0 Å². The number of halogens is 1. The van der Waals surface area contributed by atoms with Crippen LogP contribution in [0.3, 0.4) is 0 Å². The van der Waals surface area contributed by atoms with Gasteiger partial charge in [0.25, 0.3) is 0 Å². The van der Waals surface area contributed by atoms with E-state index < -0.39 is 0 Å². The maximum absolute atomic E-state index is 13.2. The van der Waals surface area contributed by atoms with Crippen LogP contribution in [-0.2, 0) is 0 Å². The van der Waals surface area contributed by atoms with Gasteiger partial charge in [-0.2, -0.15) is 0 Å². The molecular weight excluding hydrogens is 275 g/mol. The summed E-state index contributed by atoms with van der Waals surface area (Å²) in [6.45, 7) is 0. The first-order chi connectivity index (χ1) is 10.8. The van der Waals surface area contributed by atoms with E-state index >= 15 is 0 Å². The molecule has 2 nitrogen and oxygen atoms in total. The van der Waals surface area contributed by atoms with Gasteiger partial charge in [0.15, 0.2) is 0 Å². The molecule has 22 heavy (non-hydrogen) atoms. The average molecular weight is 288 g/mol. The van der Waals surface area contributed by atoms with Gasteiger partial charge in [0.05, 0.1) is 17.4 Å². The lowest BCUT2D eigenvalue weighted by molar-refractivity contribution is 0.628. The van der Waals surface area contributed by atoms with Gasteiger partial charge in [-0.1, -0.05) is 42.5 Å². The number of aromatic nitrogens is 2. The van der Waals surface area contributed by atoms with E-state index in [1.165, 1.54) is 12.1 Å². The van der Waals surface area contributed by atoms with Crippen LogP contribution in [0.25, 0.3) is 33.3 Å². The first-order valence-electron chi connectivity index (χ1n) is 7.10. The lowest BCUT2D eigenvalue weighted by Crippen LogP contribution is -1.86. The van der Waals surface area contributed by atoms with E-state index in [9.17, 15) is 4.39 Å². The molecule has 3 heteroatoms. The standard InChI is InChI=1S/C19H13FN2/c20-15-8-5-13(6-9-15)16-3-1-2-4-17(16)14-7-10-18-19(11-14)22-12-21-18/h1-12H,(H,21,22). The second kappa shape index (κ2) is 5.11. The predicted octanol–water partition coefficient (Wildman–Crippen LogP) is 5.04. The highest BCUT2D eigenvalue weighted by Crippen LogP contribution is 2.33. The van der Waals surface area contributed by atoms with Crippen LogP contribution in [-0.4, -0.2) is 9.97 Å². The van der Waals surface area contributed by atoms with Crippen molar-refractivity contribution in [2.45, 2.75) is 0 Å². The highest BCUT2D eigenvalue weighted by Gasteiger charge is 2.08. The van der Waals surface area contributed by atoms with Crippen molar-refractivity contribution in [3.63, 3.8) is 0 Å². The minimum absolute atomic E-state index is 0.222. The summed E-state index contributed by atoms with van der Waals surface area (Å²) in [5.41, 5.74) is 6.26. The summed E-state index contributed by atoms with van der Waals surface area (Å²) in [4.78, 5) is 7.38. The summed E-state index contributed by atoms with van der Waals surface area (Å²) in [7, 11) is 0. The van der Waals surface area contributed by atoms with Gasteiger partial charge >= 0.3 is 0 Å². The highest BCUT2D eigenvalue weighted by atomic mass is 19.1. The fourth-order valence-corrected chi connectivity index (χ4v) is 2.72. The van der Waals surface area contributed by atoms with E-state index in [2.05, 4.69) is 34.2 Å². The van der Waals surface area contributed by atoms with E-state index in [1.807, 2.05) is 30.3 Å². The zero-order chi connectivity index (χ0) is 14.9. The number of nitrogens with one attached hydrogen (secondary N) is 1. The van der Waals surface area contributed by atoms with Gasteiger partial charge in [-0.25, -0.2) is 9.37 Å². The SMILES string of the molecule is Fc1ccc(-c2ccccc2-c2ccc3nc[nH]c3c2)cc1. The molecule has 106 valence electrons. The molecule has 0 amide bonds. The molecule has 0 saturated carbocycles. The molecule has 0 unspecified atom stereocenters. The first kappa shape index (κ1) is 12.8. The summed E-state index contributed by atoms with van der Waals surface area (Å²) >= 11 is 0. The van der Waals surface area contributed by atoms with E-state index in [4.69, 9.17) is 0 Å². The van der Waals surface area contributed by atoms with Crippen molar-refractivity contribution >= 4 is 11.0 Å². The van der Waals surface area contributed by atoms with Crippen LogP contribution in [0.5, 0.6) is 0 Å². The number of nitrogens with zero attached hydrogens (tertiary/aromatic N) is 1. The van der Waals surface area contributed by atoms with Crippen LogP contribution in [0.15, 0.2) is 73.1 Å². The minimum Gasteiger partial charge on any atom is -0.345 e. The molecule has 1 aromatic heterocycles. The van der Waals surface area contributed by atoms with Crippen LogP contribution in [0.4, 0.5) is 4.39 Å². The van der Waals surface area contributed by atoms with Gasteiger partial charge in [0, 0.05) is 0 Å². The maximum atomic E-state index is 13.2. The normalized spacial score (nSPS) is 11.0. The molecule has 4 aromatic rings. The summed E-state index contributed by atoms with van der Waals surface area (Å²) in [6, 6.07) is 20.9. The largest absolute Gasteiger partial charge is 0.345 e. The molecule has 4 rings (SSSR count). The Morgan fingerprint density at radius 3 is 2.23 bits per heavy atom. The van der Waals surface area contributed by atoms with Crippen LogP contribution in [0, 0.1) is 5.82 Å². The van der Waals surface area contributed by atoms with Gasteiger partial charge in [-0.15, -0.1) is 0 Å². The Morgan fingerprint density at radius 1 is 0.773 bits per heavy atom. The van der Waals surface area contributed by atoms with Crippen molar-refractivity contribution in [1.82, 2.24) is 9.97 Å². The molecule has 0 atom stereocenters. The molecule has 0 aliphatic heterocycles. The van der Waals surface area contributed by atoms with Crippen molar-refractivity contribution in [1.29, 1.82) is 0 Å². The molecule has 1 N–H and O–H groups in total. The number of aromatic amines is 1. The smallest absolute Gasteiger partial charge is 0.123 e. The third kappa shape index (κ3) is 2.17. The fraction of sp³-hybridized carbons (Fsp3) is 0. The third-order valence-corrected chi connectivity index (χ3v) is 3.81. The molecule has 0 aliphatic carbocycles. The van der Waals surface area contributed by atoms with Gasteiger partial charge < -0.3 is 4.98 Å². The van der Waals surface area contributed by atoms with E-state index in [1.54, 1.807) is 6.33 Å². The van der Waals surface area contributed by atoms with Gasteiger partial charge in [-0.05, 0) is 46.5 Å². The summed E-state index contributed by atoms with van der Waals surface area (Å²) < 4.78 is 13.2. The van der Waals surface area contributed by atoms with Gasteiger partial charge in [-0.3, -0.25) is 0 Å². The number of hydrogen-bond acceptors (Lipinski definition) is 1. The fourth-order valence-electron chi connectivity index (χ4n) is 2.72. The lowest BCUT2D eigenvalue weighted by atomic mass is 9.94. The molecule has 3 aromatic carbocycles. The maximum Gasteiger partial charge on any atom is 0.123 e. The number of H-pyrrole nitrogens is 1. The summed E-state index contributed by atoms with van der Waals surface area (Å²) in [5, 5.41) is 0. The Hall–Kier alpha value is -2.94. The number of benzene rings is 3. The van der Waals surface area contributed by atoms with Crippen molar-refractivity contribution in [3.8, 4) is 22.3 Å². The Kier molecular flexibility index (Phi) is 2.97. The first-order valence-corrected chi connectivity index (χ1v) is 7.10. The number of fused-ring (bicyclic) bond motifs is 1. The highest BCUT2D eigenvalue weighted by molar-refractivity contribution is 5.88. The van der Waals surface area contributed by atoms with E-state index in [0.29, 0.717) is 0 Å². The second-order valence-electron chi connectivity index (χ2n) is 5.19. The quantitative estimate of drug-likeness (QED) is 0.550. The van der Waals surface area contributed by atoms with Gasteiger partial charge in [0.1, 0.15) is 5.82 Å². The Bertz CT molecular complexity index is 939. The van der Waals surface area contributed by atoms with Crippen molar-refractivity contribution in [3.05, 3.63) is 78.9 Å². The summed E-state index contributed by atoms with van der Waals surface area (Å²) in [6.07, 6.45) is 1.69. The predicted molar refractivity (Wildman–Crippen MR) is 86.9 cm³/mol. The van der Waals surface area contributed by atoms with Gasteiger partial charge in [0.2, 0.25) is 0 Å². The minimum atomic E-state index is -0.222. The van der Waals surface area contributed by atoms with E-state index in [-0.39, 0.29) is 5.82 Å². The van der Waals surface area contributed by atoms with Crippen LogP contribution < -0.4 is 0 Å². The molecule has 0 aliphatic rings. The molecule has 0 spiro atoms. The lowest BCUT2D eigenvalue weighted by Gasteiger charge is -2.10. The van der Waals surface area contributed by atoms with Crippen molar-refractivity contribution < 1.29 is 4.39 Å². The van der Waals surface area contributed by atoms with Crippen LogP contribution >= 0.6 is 0 Å².